The first-order valence-corrected chi connectivity index (χ1v) is 8.52. The Labute approximate surface area is 143 Å². The van der Waals surface area contributed by atoms with Crippen LogP contribution in [-0.4, -0.2) is 34.8 Å². The number of nitrogens with zero attached hydrogens (tertiary/aromatic N) is 1. The highest BCUT2D eigenvalue weighted by atomic mass is 79.9. The van der Waals surface area contributed by atoms with Gasteiger partial charge >= 0.3 is 0 Å². The first-order chi connectivity index (χ1) is 10.7. The van der Waals surface area contributed by atoms with Crippen LogP contribution in [0.5, 0.6) is 0 Å². The van der Waals surface area contributed by atoms with Gasteiger partial charge in [0.2, 0.25) is 5.91 Å². The molecule has 1 aliphatic heterocycles. The van der Waals surface area contributed by atoms with Crippen LogP contribution in [0.15, 0.2) is 18.2 Å². The average molecular weight is 390 g/mol. The van der Waals surface area contributed by atoms with Crippen molar-refractivity contribution in [3.8, 4) is 0 Å². The number of benzene rings is 1. The van der Waals surface area contributed by atoms with Crippen molar-refractivity contribution in [1.82, 2.24) is 15.8 Å². The van der Waals surface area contributed by atoms with Crippen molar-refractivity contribution in [2.24, 2.45) is 5.92 Å². The molecule has 0 saturated carbocycles. The van der Waals surface area contributed by atoms with E-state index in [1.807, 2.05) is 0 Å². The van der Waals surface area contributed by atoms with Crippen LogP contribution in [0.4, 0.5) is 8.78 Å². The Morgan fingerprint density at radius 1 is 1.22 bits per heavy atom. The summed E-state index contributed by atoms with van der Waals surface area (Å²) in [6, 6.07) is 3.06. The fourth-order valence-electron chi connectivity index (χ4n) is 2.69. The minimum Gasteiger partial charge on any atom is -0.338 e. The summed E-state index contributed by atoms with van der Waals surface area (Å²) in [5.74, 6) is -1.55. The molecule has 4 atom stereocenters. The quantitative estimate of drug-likeness (QED) is 0.778. The highest BCUT2D eigenvalue weighted by Gasteiger charge is 2.41. The minimum absolute atomic E-state index is 0.0467. The maximum absolute atomic E-state index is 13.4. The molecular formula is C16H22BrF2N3O. The Balaban J connectivity index is 2.11. The maximum atomic E-state index is 13.4. The Morgan fingerprint density at radius 3 is 2.39 bits per heavy atom. The summed E-state index contributed by atoms with van der Waals surface area (Å²) in [5, 5.41) is 0. The van der Waals surface area contributed by atoms with Crippen molar-refractivity contribution in [3.63, 3.8) is 0 Å². The van der Waals surface area contributed by atoms with E-state index in [1.54, 1.807) is 18.9 Å². The van der Waals surface area contributed by atoms with E-state index in [4.69, 9.17) is 0 Å². The maximum Gasteiger partial charge on any atom is 0.242 e. The fraction of sp³-hybridized carbons (Fsp3) is 0.562. The number of likely N-dealkylation sites (N-methyl/N-ethyl adjacent to an activating group) is 1. The van der Waals surface area contributed by atoms with Crippen LogP contribution < -0.4 is 10.9 Å². The van der Waals surface area contributed by atoms with Gasteiger partial charge in [-0.3, -0.25) is 10.2 Å². The molecule has 0 radical (unpaired) electrons. The number of rotatable bonds is 4. The molecule has 0 aromatic heterocycles. The molecule has 1 fully saturated rings. The lowest BCUT2D eigenvalue weighted by Crippen LogP contribution is -2.47. The van der Waals surface area contributed by atoms with Gasteiger partial charge in [-0.1, -0.05) is 35.8 Å². The van der Waals surface area contributed by atoms with Gasteiger partial charge in [0.15, 0.2) is 11.6 Å². The third-order valence-corrected chi connectivity index (χ3v) is 5.50. The number of carbonyl (C=O) groups excluding carboxylic acids is 1. The van der Waals surface area contributed by atoms with Crippen LogP contribution in [0.25, 0.3) is 0 Å². The highest BCUT2D eigenvalue weighted by molar-refractivity contribution is 9.09. The van der Waals surface area contributed by atoms with Crippen molar-refractivity contribution in [2.75, 3.05) is 7.05 Å². The number of hydrazine groups is 1. The summed E-state index contributed by atoms with van der Waals surface area (Å²) in [7, 11) is 1.67. The monoisotopic (exact) mass is 389 g/mol. The van der Waals surface area contributed by atoms with E-state index in [0.29, 0.717) is 11.5 Å². The second-order valence-electron chi connectivity index (χ2n) is 6.28. The number of amides is 1. The Hall–Kier alpha value is -1.05. The molecule has 2 N–H and O–H groups in total. The van der Waals surface area contributed by atoms with Gasteiger partial charge in [-0.25, -0.2) is 14.2 Å². The Morgan fingerprint density at radius 2 is 1.87 bits per heavy atom. The smallest absolute Gasteiger partial charge is 0.242 e. The van der Waals surface area contributed by atoms with Gasteiger partial charge in [0.1, 0.15) is 6.04 Å². The van der Waals surface area contributed by atoms with Crippen LogP contribution >= 0.6 is 15.9 Å². The first kappa shape index (κ1) is 18.3. The summed E-state index contributed by atoms with van der Waals surface area (Å²) in [5.41, 5.74) is 6.71. The largest absolute Gasteiger partial charge is 0.338 e. The van der Waals surface area contributed by atoms with Gasteiger partial charge in [-0.2, -0.15) is 0 Å². The number of hydrogen-bond acceptors (Lipinski definition) is 3. The van der Waals surface area contributed by atoms with Gasteiger partial charge in [-0.05, 0) is 30.5 Å². The minimum atomic E-state index is -0.908. The van der Waals surface area contributed by atoms with E-state index in [2.05, 4.69) is 40.6 Å². The van der Waals surface area contributed by atoms with Gasteiger partial charge in [0, 0.05) is 13.1 Å². The molecule has 0 spiro atoms. The number of alkyl halides is 1. The van der Waals surface area contributed by atoms with Crippen LogP contribution in [0.1, 0.15) is 32.4 Å². The lowest BCUT2D eigenvalue weighted by atomic mass is 9.98. The topological polar surface area (TPSA) is 44.4 Å². The second kappa shape index (κ2) is 7.23. The molecule has 1 aromatic carbocycles. The average Bonchev–Trinajstić information content (AvgIpc) is 2.89. The molecule has 7 heteroatoms. The van der Waals surface area contributed by atoms with E-state index in [9.17, 15) is 13.6 Å². The zero-order chi connectivity index (χ0) is 17.3. The van der Waals surface area contributed by atoms with E-state index in [1.165, 1.54) is 6.07 Å². The van der Waals surface area contributed by atoms with Crippen LogP contribution in [-0.2, 0) is 4.79 Å². The fourth-order valence-corrected chi connectivity index (χ4v) is 3.79. The molecule has 1 aliphatic rings. The van der Waals surface area contributed by atoms with E-state index < -0.39 is 17.7 Å². The van der Waals surface area contributed by atoms with E-state index >= 15 is 0 Å². The molecule has 0 bridgehead atoms. The molecule has 1 aromatic rings. The predicted octanol–water partition coefficient (Wildman–Crippen LogP) is 2.75. The van der Waals surface area contributed by atoms with Gasteiger partial charge < -0.3 is 4.90 Å². The molecule has 4 nitrogen and oxygen atoms in total. The van der Waals surface area contributed by atoms with Gasteiger partial charge in [0.25, 0.3) is 0 Å². The number of carbonyl (C=O) groups is 1. The van der Waals surface area contributed by atoms with Crippen molar-refractivity contribution in [1.29, 1.82) is 0 Å². The molecule has 1 saturated heterocycles. The van der Waals surface area contributed by atoms with Crippen molar-refractivity contribution in [3.05, 3.63) is 35.4 Å². The molecule has 2 rings (SSSR count). The summed E-state index contributed by atoms with van der Waals surface area (Å²) < 4.78 is 26.5. The van der Waals surface area contributed by atoms with Crippen molar-refractivity contribution in [2.45, 2.75) is 43.7 Å². The van der Waals surface area contributed by atoms with E-state index in [0.717, 1.165) is 12.1 Å². The molecule has 23 heavy (non-hydrogen) atoms. The zero-order valence-electron chi connectivity index (χ0n) is 13.6. The number of nitrogens with one attached hydrogen (secondary N) is 2. The lowest BCUT2D eigenvalue weighted by Gasteiger charge is -2.29. The lowest BCUT2D eigenvalue weighted by molar-refractivity contribution is -0.133. The third kappa shape index (κ3) is 3.72. The number of hydrogen-bond donors (Lipinski definition) is 2. The normalized spacial score (nSPS) is 25.7. The zero-order valence-corrected chi connectivity index (χ0v) is 15.2. The molecule has 1 heterocycles. The number of halogens is 3. The second-order valence-corrected chi connectivity index (χ2v) is 7.34. The third-order valence-electron chi connectivity index (χ3n) is 4.41. The molecule has 1 amide bonds. The molecule has 0 aliphatic carbocycles. The van der Waals surface area contributed by atoms with Crippen molar-refractivity contribution >= 4 is 21.8 Å². The molecular weight excluding hydrogens is 368 g/mol. The van der Waals surface area contributed by atoms with Crippen LogP contribution in [0, 0.1) is 17.6 Å². The van der Waals surface area contributed by atoms with Crippen LogP contribution in [0.2, 0.25) is 0 Å². The highest BCUT2D eigenvalue weighted by Crippen LogP contribution is 2.26. The predicted molar refractivity (Wildman–Crippen MR) is 88.9 cm³/mol. The summed E-state index contributed by atoms with van der Waals surface area (Å²) in [6.45, 7) is 5.94. The summed E-state index contributed by atoms with van der Waals surface area (Å²) in [4.78, 5) is 14.2. The SMILES string of the molecule is CC(C)C1NNC(C(=O)N(C)C(C)c2ccc(F)c(F)c2)C1Br. The standard InChI is InChI=1S/C16H22BrF2N3O/c1-8(2)14-13(17)15(21-20-14)16(23)22(4)9(3)10-5-6-11(18)12(19)7-10/h5-9,13-15,20-21H,1-4H3. The molecule has 4 unspecified atom stereocenters. The van der Waals surface area contributed by atoms with Crippen molar-refractivity contribution < 1.29 is 13.6 Å². The van der Waals surface area contributed by atoms with Gasteiger partial charge in [0.05, 0.1) is 10.9 Å². The molecule has 128 valence electrons. The van der Waals surface area contributed by atoms with E-state index in [-0.39, 0.29) is 22.8 Å². The summed E-state index contributed by atoms with van der Waals surface area (Å²) >= 11 is 3.59. The van der Waals surface area contributed by atoms with Gasteiger partial charge in [-0.15, -0.1) is 0 Å². The first-order valence-electron chi connectivity index (χ1n) is 7.60. The summed E-state index contributed by atoms with van der Waals surface area (Å²) in [6.07, 6.45) is 0. The Kier molecular flexibility index (Phi) is 5.75. The Bertz CT molecular complexity index is 584. The van der Waals surface area contributed by atoms with Crippen LogP contribution in [0.3, 0.4) is 0 Å².